The average molecular weight is 414 g/mol. The first kappa shape index (κ1) is 17.8. The van der Waals surface area contributed by atoms with Gasteiger partial charge in [-0.2, -0.15) is 5.10 Å². The maximum absolute atomic E-state index is 12.9. The Bertz CT molecular complexity index is 998. The van der Waals surface area contributed by atoms with E-state index < -0.39 is 0 Å². The van der Waals surface area contributed by atoms with Gasteiger partial charge in [-0.05, 0) is 60.4 Å². The van der Waals surface area contributed by atoms with Gasteiger partial charge in [-0.15, -0.1) is 11.3 Å². The van der Waals surface area contributed by atoms with Crippen molar-refractivity contribution >= 4 is 34.5 Å². The third-order valence-corrected chi connectivity index (χ3v) is 6.66. The van der Waals surface area contributed by atoms with Crippen LogP contribution in [-0.4, -0.2) is 38.7 Å². The third kappa shape index (κ3) is 3.45. The summed E-state index contributed by atoms with van der Waals surface area (Å²) in [7, 11) is 0. The average Bonchev–Trinajstić information content (AvgIpc) is 3.16. The predicted molar refractivity (Wildman–Crippen MR) is 110 cm³/mol. The fourth-order valence-electron chi connectivity index (χ4n) is 4.05. The van der Waals surface area contributed by atoms with Gasteiger partial charge in [-0.3, -0.25) is 9.69 Å². The second-order valence-electron chi connectivity index (χ2n) is 7.35. The Morgan fingerprint density at radius 1 is 1.32 bits per heavy atom. The van der Waals surface area contributed by atoms with Gasteiger partial charge in [0.05, 0.1) is 17.9 Å². The smallest absolute Gasteiger partial charge is 0.238 e. The molecule has 1 saturated carbocycles. The minimum atomic E-state index is -0.0343. The van der Waals surface area contributed by atoms with E-state index in [1.54, 1.807) is 23.1 Å². The van der Waals surface area contributed by atoms with E-state index in [0.717, 1.165) is 18.7 Å². The molecular weight excluding hydrogens is 394 g/mol. The number of carbonyl (C=O) groups is 1. The summed E-state index contributed by atoms with van der Waals surface area (Å²) in [4.78, 5) is 20.7. The zero-order chi connectivity index (χ0) is 19.1. The summed E-state index contributed by atoms with van der Waals surface area (Å²) in [5.74, 6) is 0.645. The maximum Gasteiger partial charge on any atom is 0.238 e. The number of anilines is 1. The van der Waals surface area contributed by atoms with Crippen LogP contribution in [0.15, 0.2) is 42.3 Å². The van der Waals surface area contributed by atoms with Crippen molar-refractivity contribution in [3.05, 3.63) is 57.8 Å². The number of nitrogens with one attached hydrogen (secondary N) is 1. The van der Waals surface area contributed by atoms with Crippen LogP contribution in [0.3, 0.4) is 0 Å². The van der Waals surface area contributed by atoms with Gasteiger partial charge >= 0.3 is 0 Å². The molecule has 1 amide bonds. The molecule has 3 aromatic rings. The van der Waals surface area contributed by atoms with E-state index >= 15 is 0 Å². The number of hydrogen-bond acceptors (Lipinski definition) is 5. The number of nitrogens with zero attached hydrogens (tertiary/aromatic N) is 4. The Kier molecular flexibility index (Phi) is 4.66. The van der Waals surface area contributed by atoms with E-state index in [0.29, 0.717) is 29.2 Å². The van der Waals surface area contributed by atoms with Crippen molar-refractivity contribution in [3.8, 4) is 5.69 Å². The lowest BCUT2D eigenvalue weighted by atomic mass is 9.96. The highest BCUT2D eigenvalue weighted by Gasteiger charge is 2.40. The minimum Gasteiger partial charge on any atom is -0.323 e. The molecule has 0 saturated heterocycles. The van der Waals surface area contributed by atoms with Gasteiger partial charge in [0.1, 0.15) is 12.7 Å². The van der Waals surface area contributed by atoms with Crippen molar-refractivity contribution in [1.29, 1.82) is 0 Å². The van der Waals surface area contributed by atoms with E-state index in [1.165, 1.54) is 29.6 Å². The number of aromatic nitrogens is 3. The molecule has 0 bridgehead atoms. The van der Waals surface area contributed by atoms with Gasteiger partial charge < -0.3 is 5.32 Å². The van der Waals surface area contributed by atoms with Crippen molar-refractivity contribution in [2.24, 2.45) is 5.92 Å². The molecule has 0 unspecified atom stereocenters. The molecule has 1 atom stereocenters. The van der Waals surface area contributed by atoms with Crippen LogP contribution < -0.4 is 5.32 Å². The predicted octanol–water partition coefficient (Wildman–Crippen LogP) is 3.93. The molecule has 1 aliphatic heterocycles. The van der Waals surface area contributed by atoms with Crippen LogP contribution >= 0.6 is 22.9 Å². The third-order valence-electron chi connectivity index (χ3n) is 5.43. The molecule has 2 aliphatic rings. The van der Waals surface area contributed by atoms with Crippen LogP contribution in [0.1, 0.15) is 29.3 Å². The van der Waals surface area contributed by atoms with Crippen molar-refractivity contribution in [2.75, 3.05) is 18.4 Å². The Morgan fingerprint density at radius 3 is 3.00 bits per heavy atom. The number of carbonyl (C=O) groups excluding carboxylic acids is 1. The van der Waals surface area contributed by atoms with Crippen LogP contribution in [0.25, 0.3) is 5.69 Å². The fourth-order valence-corrected chi connectivity index (χ4v) is 5.14. The second kappa shape index (κ2) is 7.31. The van der Waals surface area contributed by atoms with Gasteiger partial charge in [-0.1, -0.05) is 11.6 Å². The van der Waals surface area contributed by atoms with Gasteiger partial charge in [0.15, 0.2) is 0 Å². The minimum absolute atomic E-state index is 0.0343. The van der Waals surface area contributed by atoms with Crippen molar-refractivity contribution in [1.82, 2.24) is 19.7 Å². The quantitative estimate of drug-likeness (QED) is 0.688. The lowest BCUT2D eigenvalue weighted by Gasteiger charge is -2.35. The van der Waals surface area contributed by atoms with Crippen LogP contribution in [-0.2, 0) is 11.2 Å². The summed E-state index contributed by atoms with van der Waals surface area (Å²) in [6.07, 6.45) is 6.59. The Balaban J connectivity index is 1.35. The summed E-state index contributed by atoms with van der Waals surface area (Å²) >= 11 is 8.01. The molecular formula is C20H20ClN5OS. The first-order chi connectivity index (χ1) is 13.7. The van der Waals surface area contributed by atoms with Crippen molar-refractivity contribution in [3.63, 3.8) is 0 Å². The summed E-state index contributed by atoms with van der Waals surface area (Å²) in [5, 5.41) is 9.94. The zero-order valence-corrected chi connectivity index (χ0v) is 16.8. The van der Waals surface area contributed by atoms with Crippen LogP contribution in [0.2, 0.25) is 5.02 Å². The first-order valence-electron chi connectivity index (χ1n) is 9.44. The highest BCUT2D eigenvalue weighted by molar-refractivity contribution is 7.10. The molecule has 2 aromatic heterocycles. The van der Waals surface area contributed by atoms with Crippen LogP contribution in [0.4, 0.5) is 5.69 Å². The Hall–Kier alpha value is -2.22. The van der Waals surface area contributed by atoms with Crippen molar-refractivity contribution < 1.29 is 4.79 Å². The maximum atomic E-state index is 12.9. The molecule has 5 rings (SSSR count). The standard InChI is InChI=1S/C20H20ClN5OS/c21-14-3-4-17(26-12-22-11-23-26)16(9-14)24-19(27)10-25-7-5-18-15(6-8-28-18)20(25)13-1-2-13/h3-4,6,8-9,11-13,20H,1-2,5,7,10H2,(H,24,27)/t20-/m1/s1. The molecule has 1 aliphatic carbocycles. The first-order valence-corrected chi connectivity index (χ1v) is 10.7. The van der Waals surface area contributed by atoms with Crippen LogP contribution in [0, 0.1) is 5.92 Å². The number of benzene rings is 1. The summed E-state index contributed by atoms with van der Waals surface area (Å²) in [6, 6.07) is 7.97. The molecule has 1 fully saturated rings. The Morgan fingerprint density at radius 2 is 2.21 bits per heavy atom. The number of amides is 1. The molecule has 1 N–H and O–H groups in total. The number of rotatable bonds is 5. The second-order valence-corrected chi connectivity index (χ2v) is 8.79. The van der Waals surface area contributed by atoms with E-state index in [1.807, 2.05) is 17.4 Å². The van der Waals surface area contributed by atoms with E-state index in [9.17, 15) is 4.79 Å². The molecule has 8 heteroatoms. The highest BCUT2D eigenvalue weighted by Crippen LogP contribution is 2.48. The van der Waals surface area contributed by atoms with Gasteiger partial charge in [0.25, 0.3) is 0 Å². The molecule has 28 heavy (non-hydrogen) atoms. The lowest BCUT2D eigenvalue weighted by molar-refractivity contribution is -0.118. The highest BCUT2D eigenvalue weighted by atomic mass is 35.5. The number of hydrogen-bond donors (Lipinski definition) is 1. The normalized spacial score (nSPS) is 19.4. The molecule has 144 valence electrons. The largest absolute Gasteiger partial charge is 0.323 e. The van der Waals surface area contributed by atoms with E-state index in [-0.39, 0.29) is 5.91 Å². The van der Waals surface area contributed by atoms with E-state index in [2.05, 4.69) is 31.7 Å². The van der Waals surface area contributed by atoms with Gasteiger partial charge in [0.2, 0.25) is 5.91 Å². The molecule has 0 spiro atoms. The van der Waals surface area contributed by atoms with Gasteiger partial charge in [0, 0.05) is 22.5 Å². The number of thiophene rings is 1. The fraction of sp³-hybridized carbons (Fsp3) is 0.350. The molecule has 0 radical (unpaired) electrons. The summed E-state index contributed by atoms with van der Waals surface area (Å²) in [5.41, 5.74) is 2.81. The SMILES string of the molecule is O=C(CN1CCc2sccc2[C@H]1C1CC1)Nc1cc(Cl)ccc1-n1cncn1. The van der Waals surface area contributed by atoms with Crippen molar-refractivity contribution in [2.45, 2.75) is 25.3 Å². The van der Waals surface area contributed by atoms with Crippen LogP contribution in [0.5, 0.6) is 0 Å². The number of halogens is 1. The summed E-state index contributed by atoms with van der Waals surface area (Å²) < 4.78 is 1.62. The summed E-state index contributed by atoms with van der Waals surface area (Å²) in [6.45, 7) is 1.30. The lowest BCUT2D eigenvalue weighted by Crippen LogP contribution is -2.41. The molecule has 1 aromatic carbocycles. The number of fused-ring (bicyclic) bond motifs is 1. The monoisotopic (exact) mass is 413 g/mol. The zero-order valence-electron chi connectivity index (χ0n) is 15.2. The Labute approximate surface area is 172 Å². The molecule has 3 heterocycles. The molecule has 6 nitrogen and oxygen atoms in total. The van der Waals surface area contributed by atoms with E-state index in [4.69, 9.17) is 11.6 Å². The topological polar surface area (TPSA) is 63.1 Å². The van der Waals surface area contributed by atoms with Gasteiger partial charge in [-0.25, -0.2) is 9.67 Å².